The van der Waals surface area contributed by atoms with Gasteiger partial charge in [-0.2, -0.15) is 0 Å². The van der Waals surface area contributed by atoms with Crippen LogP contribution in [0.2, 0.25) is 5.02 Å². The van der Waals surface area contributed by atoms with E-state index in [4.69, 9.17) is 16.7 Å². The first-order valence-corrected chi connectivity index (χ1v) is 5.76. The van der Waals surface area contributed by atoms with Gasteiger partial charge in [-0.1, -0.05) is 11.6 Å². The standard InChI is InChI=1S/C12H8ClN3O4/c13-7-1-3-8(4-2-7)14-11-10(16(19)20)6-5-9(15-11)12(17)18/h1-6H,(H,14,15)(H,17,18). The zero-order valence-corrected chi connectivity index (χ0v) is 10.7. The van der Waals surface area contributed by atoms with Gasteiger partial charge >= 0.3 is 11.7 Å². The summed E-state index contributed by atoms with van der Waals surface area (Å²) in [4.78, 5) is 24.8. The van der Waals surface area contributed by atoms with E-state index in [0.29, 0.717) is 10.7 Å². The van der Waals surface area contributed by atoms with Crippen LogP contribution >= 0.6 is 11.6 Å². The molecule has 0 spiro atoms. The number of carboxylic acid groups (broad SMARTS) is 1. The van der Waals surface area contributed by atoms with E-state index in [-0.39, 0.29) is 17.2 Å². The summed E-state index contributed by atoms with van der Waals surface area (Å²) < 4.78 is 0. The molecule has 8 heteroatoms. The summed E-state index contributed by atoms with van der Waals surface area (Å²) in [6, 6.07) is 8.55. The maximum absolute atomic E-state index is 10.9. The van der Waals surface area contributed by atoms with Crippen molar-refractivity contribution < 1.29 is 14.8 Å². The molecule has 0 saturated carbocycles. The summed E-state index contributed by atoms with van der Waals surface area (Å²) in [7, 11) is 0. The van der Waals surface area contributed by atoms with Crippen molar-refractivity contribution in [3.8, 4) is 0 Å². The molecule has 20 heavy (non-hydrogen) atoms. The number of pyridine rings is 1. The number of aromatic carboxylic acids is 1. The van der Waals surface area contributed by atoms with Crippen LogP contribution in [0.3, 0.4) is 0 Å². The highest BCUT2D eigenvalue weighted by molar-refractivity contribution is 6.30. The summed E-state index contributed by atoms with van der Waals surface area (Å²) in [6.07, 6.45) is 0. The fourth-order valence-corrected chi connectivity index (χ4v) is 1.61. The lowest BCUT2D eigenvalue weighted by atomic mass is 10.3. The van der Waals surface area contributed by atoms with E-state index in [1.165, 1.54) is 0 Å². The normalized spacial score (nSPS) is 10.1. The van der Waals surface area contributed by atoms with E-state index in [1.807, 2.05) is 0 Å². The SMILES string of the molecule is O=C(O)c1ccc([N+](=O)[O-])c(Nc2ccc(Cl)cc2)n1. The van der Waals surface area contributed by atoms with Crippen molar-refractivity contribution in [1.82, 2.24) is 4.98 Å². The van der Waals surface area contributed by atoms with Crippen LogP contribution in [-0.4, -0.2) is 21.0 Å². The molecule has 0 saturated heterocycles. The highest BCUT2D eigenvalue weighted by atomic mass is 35.5. The first-order valence-electron chi connectivity index (χ1n) is 5.38. The summed E-state index contributed by atoms with van der Waals surface area (Å²) in [6.45, 7) is 0. The molecule has 1 aromatic carbocycles. The van der Waals surface area contributed by atoms with Gasteiger partial charge in [0, 0.05) is 16.8 Å². The number of nitrogens with zero attached hydrogens (tertiary/aromatic N) is 2. The third kappa shape index (κ3) is 3.01. The smallest absolute Gasteiger partial charge is 0.354 e. The summed E-state index contributed by atoms with van der Waals surface area (Å²) in [5.74, 6) is -1.41. The van der Waals surface area contributed by atoms with Crippen LogP contribution in [0.4, 0.5) is 17.2 Å². The molecule has 7 nitrogen and oxygen atoms in total. The molecule has 0 aliphatic carbocycles. The van der Waals surface area contributed by atoms with Gasteiger partial charge in [0.2, 0.25) is 5.82 Å². The minimum absolute atomic E-state index is 0.141. The van der Waals surface area contributed by atoms with Crippen molar-refractivity contribution in [2.45, 2.75) is 0 Å². The van der Waals surface area contributed by atoms with Gasteiger partial charge in [-0.15, -0.1) is 0 Å². The van der Waals surface area contributed by atoms with Crippen LogP contribution < -0.4 is 5.32 Å². The number of rotatable bonds is 4. The van der Waals surface area contributed by atoms with Crippen LogP contribution in [0.1, 0.15) is 10.5 Å². The van der Waals surface area contributed by atoms with Crippen LogP contribution in [0.5, 0.6) is 0 Å². The second-order valence-electron chi connectivity index (χ2n) is 3.76. The fraction of sp³-hybridized carbons (Fsp3) is 0. The zero-order chi connectivity index (χ0) is 14.7. The first kappa shape index (κ1) is 13.8. The minimum atomic E-state index is -1.26. The molecule has 1 aromatic heterocycles. The Hall–Kier alpha value is -2.67. The highest BCUT2D eigenvalue weighted by Crippen LogP contribution is 2.26. The molecule has 0 atom stereocenters. The summed E-state index contributed by atoms with van der Waals surface area (Å²) in [5, 5.41) is 23.0. The Bertz CT molecular complexity index is 673. The maximum Gasteiger partial charge on any atom is 0.354 e. The Balaban J connectivity index is 2.41. The van der Waals surface area contributed by atoms with Crippen molar-refractivity contribution in [3.05, 3.63) is 57.2 Å². The number of hydrogen-bond acceptors (Lipinski definition) is 5. The number of nitrogens with one attached hydrogen (secondary N) is 1. The van der Waals surface area contributed by atoms with Gasteiger partial charge in [0.1, 0.15) is 0 Å². The van der Waals surface area contributed by atoms with Crippen molar-refractivity contribution in [2.75, 3.05) is 5.32 Å². The fourth-order valence-electron chi connectivity index (χ4n) is 1.48. The second-order valence-corrected chi connectivity index (χ2v) is 4.19. The maximum atomic E-state index is 10.9. The first-order chi connectivity index (χ1) is 9.47. The van der Waals surface area contributed by atoms with Crippen LogP contribution in [-0.2, 0) is 0 Å². The number of benzene rings is 1. The van der Waals surface area contributed by atoms with Gasteiger partial charge in [0.25, 0.3) is 0 Å². The van der Waals surface area contributed by atoms with Crippen molar-refractivity contribution >= 4 is 34.8 Å². The van der Waals surface area contributed by atoms with Gasteiger partial charge in [-0.25, -0.2) is 9.78 Å². The van der Waals surface area contributed by atoms with Crippen LogP contribution in [0, 0.1) is 10.1 Å². The van der Waals surface area contributed by atoms with E-state index in [2.05, 4.69) is 10.3 Å². The lowest BCUT2D eigenvalue weighted by Gasteiger charge is -2.07. The molecule has 0 aliphatic rings. The number of hydrogen-bond donors (Lipinski definition) is 2. The molecule has 0 bridgehead atoms. The van der Waals surface area contributed by atoms with E-state index >= 15 is 0 Å². The van der Waals surface area contributed by atoms with Gasteiger partial charge < -0.3 is 10.4 Å². The third-order valence-electron chi connectivity index (χ3n) is 2.40. The van der Waals surface area contributed by atoms with Crippen molar-refractivity contribution in [3.63, 3.8) is 0 Å². The van der Waals surface area contributed by atoms with Gasteiger partial charge in [-0.3, -0.25) is 10.1 Å². The molecule has 0 radical (unpaired) electrons. The van der Waals surface area contributed by atoms with Crippen molar-refractivity contribution in [2.24, 2.45) is 0 Å². The van der Waals surface area contributed by atoms with Crippen LogP contribution in [0.15, 0.2) is 36.4 Å². The monoisotopic (exact) mass is 293 g/mol. The molecule has 0 aliphatic heterocycles. The lowest BCUT2D eigenvalue weighted by Crippen LogP contribution is -2.05. The number of nitro groups is 1. The predicted molar refractivity (Wildman–Crippen MR) is 72.6 cm³/mol. The zero-order valence-electron chi connectivity index (χ0n) is 9.91. The largest absolute Gasteiger partial charge is 0.477 e. The van der Waals surface area contributed by atoms with E-state index in [1.54, 1.807) is 24.3 Å². The third-order valence-corrected chi connectivity index (χ3v) is 2.65. The van der Waals surface area contributed by atoms with Gasteiger partial charge in [-0.05, 0) is 30.3 Å². The molecule has 0 fully saturated rings. The number of carbonyl (C=O) groups is 1. The molecule has 0 unspecified atom stereocenters. The molecule has 2 rings (SSSR count). The lowest BCUT2D eigenvalue weighted by molar-refractivity contribution is -0.384. The quantitative estimate of drug-likeness (QED) is 0.663. The topological polar surface area (TPSA) is 105 Å². The highest BCUT2D eigenvalue weighted by Gasteiger charge is 2.18. The van der Waals surface area contributed by atoms with E-state index in [9.17, 15) is 14.9 Å². The van der Waals surface area contributed by atoms with Gasteiger partial charge in [0.05, 0.1) is 4.92 Å². The average molecular weight is 294 g/mol. The number of anilines is 2. The van der Waals surface area contributed by atoms with Crippen LogP contribution in [0.25, 0.3) is 0 Å². The van der Waals surface area contributed by atoms with E-state index < -0.39 is 10.9 Å². The molecule has 102 valence electrons. The molecule has 2 aromatic rings. The molecular weight excluding hydrogens is 286 g/mol. The molecule has 1 heterocycles. The Labute approximate surface area is 118 Å². The van der Waals surface area contributed by atoms with E-state index in [0.717, 1.165) is 12.1 Å². The minimum Gasteiger partial charge on any atom is -0.477 e. The number of halogens is 1. The Morgan fingerprint density at radius 2 is 1.90 bits per heavy atom. The number of aromatic nitrogens is 1. The number of carboxylic acids is 1. The Morgan fingerprint density at radius 1 is 1.25 bits per heavy atom. The Morgan fingerprint density at radius 3 is 2.45 bits per heavy atom. The van der Waals surface area contributed by atoms with Crippen molar-refractivity contribution in [1.29, 1.82) is 0 Å². The molecule has 0 amide bonds. The summed E-state index contributed by atoms with van der Waals surface area (Å²) >= 11 is 5.73. The second kappa shape index (κ2) is 5.54. The Kier molecular flexibility index (Phi) is 3.81. The summed E-state index contributed by atoms with van der Waals surface area (Å²) in [5.41, 5.74) is -0.0930. The molecule has 2 N–H and O–H groups in total. The average Bonchev–Trinajstić information content (AvgIpc) is 2.41. The predicted octanol–water partition coefficient (Wildman–Crippen LogP) is 3.09. The van der Waals surface area contributed by atoms with Gasteiger partial charge in [0.15, 0.2) is 5.69 Å². The molecular formula is C12H8ClN3O4.